The molecule has 0 unspecified atom stereocenters. The van der Waals surface area contributed by atoms with Gasteiger partial charge in [-0.2, -0.15) is 0 Å². The molecule has 0 radical (unpaired) electrons. The zero-order valence-corrected chi connectivity index (χ0v) is 18.7. The number of hydrogen-bond acceptors (Lipinski definition) is 3. The molecule has 0 aliphatic carbocycles. The second-order valence-electron chi connectivity index (χ2n) is 6.21. The molecular weight excluding hydrogens is 471 g/mol. The number of halogens is 3. The third-order valence-corrected chi connectivity index (χ3v) is 4.98. The summed E-state index contributed by atoms with van der Waals surface area (Å²) < 4.78 is 6.55. The molecule has 0 aliphatic rings. The first-order valence-corrected chi connectivity index (χ1v) is 10.2. The Balaban J connectivity index is 2.06. The van der Waals surface area contributed by atoms with Gasteiger partial charge in [0.05, 0.1) is 22.2 Å². The Morgan fingerprint density at radius 1 is 1.19 bits per heavy atom. The zero-order valence-electron chi connectivity index (χ0n) is 14.8. The normalized spacial score (nSPS) is 10.6. The lowest BCUT2D eigenvalue weighted by Crippen LogP contribution is -2.34. The number of ether oxygens (including phenoxy) is 1. The minimum atomic E-state index is -0.367. The average Bonchev–Trinajstić information content (AvgIpc) is 2.59. The summed E-state index contributed by atoms with van der Waals surface area (Å²) in [6.07, 6.45) is 0.897. The lowest BCUT2D eigenvalue weighted by Gasteiger charge is -2.14. The van der Waals surface area contributed by atoms with E-state index < -0.39 is 0 Å². The highest BCUT2D eigenvalue weighted by Crippen LogP contribution is 2.26. The van der Waals surface area contributed by atoms with E-state index in [1.165, 1.54) is 0 Å². The van der Waals surface area contributed by atoms with Crippen LogP contribution in [0, 0.1) is 5.92 Å². The van der Waals surface area contributed by atoms with Gasteiger partial charge in [0.15, 0.2) is 5.11 Å². The fourth-order valence-corrected chi connectivity index (χ4v) is 2.99. The van der Waals surface area contributed by atoms with Crippen molar-refractivity contribution in [2.45, 2.75) is 20.3 Å². The molecule has 0 heterocycles. The first-order chi connectivity index (χ1) is 12.8. The Morgan fingerprint density at radius 3 is 2.59 bits per heavy atom. The van der Waals surface area contributed by atoms with Crippen molar-refractivity contribution in [1.29, 1.82) is 0 Å². The van der Waals surface area contributed by atoms with Crippen LogP contribution in [0.25, 0.3) is 0 Å². The van der Waals surface area contributed by atoms with Crippen LogP contribution in [0.1, 0.15) is 30.6 Å². The number of carbonyl (C=O) groups excluding carboxylic acids is 1. The molecule has 0 saturated heterocycles. The van der Waals surface area contributed by atoms with Gasteiger partial charge in [0, 0.05) is 10.2 Å². The van der Waals surface area contributed by atoms with Gasteiger partial charge in [0.2, 0.25) is 0 Å². The van der Waals surface area contributed by atoms with Crippen LogP contribution < -0.4 is 15.4 Å². The topological polar surface area (TPSA) is 50.4 Å². The predicted molar refractivity (Wildman–Crippen MR) is 119 cm³/mol. The summed E-state index contributed by atoms with van der Waals surface area (Å²) in [6, 6.07) is 10.3. The molecule has 2 rings (SSSR count). The quantitative estimate of drug-likeness (QED) is 0.467. The van der Waals surface area contributed by atoms with Gasteiger partial charge in [0.1, 0.15) is 5.75 Å². The standard InChI is InChI=1S/C19H19BrCl2N2O2S/c1-11(2)7-8-26-17-6-3-12(20)9-14(17)18(25)24-19(27)23-13-4-5-15(21)16(22)10-13/h3-6,9-11H,7-8H2,1-2H3,(H2,23,24,25,27). The lowest BCUT2D eigenvalue weighted by molar-refractivity contribution is 0.0973. The number of anilines is 1. The smallest absolute Gasteiger partial charge is 0.261 e. The molecule has 27 heavy (non-hydrogen) atoms. The number of carbonyl (C=O) groups is 1. The number of rotatable bonds is 6. The molecule has 0 atom stereocenters. The number of thiocarbonyl (C=S) groups is 1. The highest BCUT2D eigenvalue weighted by Gasteiger charge is 2.15. The van der Waals surface area contributed by atoms with E-state index in [1.54, 1.807) is 30.3 Å². The van der Waals surface area contributed by atoms with E-state index in [0.29, 0.717) is 39.6 Å². The predicted octanol–water partition coefficient (Wildman–Crippen LogP) is 6.31. The summed E-state index contributed by atoms with van der Waals surface area (Å²) >= 11 is 20.5. The molecule has 0 spiro atoms. The van der Waals surface area contributed by atoms with Crippen molar-refractivity contribution >= 4 is 68.1 Å². The monoisotopic (exact) mass is 488 g/mol. The number of hydrogen-bond donors (Lipinski definition) is 2. The van der Waals surface area contributed by atoms with Crippen LogP contribution in [0.4, 0.5) is 5.69 Å². The first-order valence-electron chi connectivity index (χ1n) is 8.26. The van der Waals surface area contributed by atoms with Crippen LogP contribution in [0.15, 0.2) is 40.9 Å². The fourth-order valence-electron chi connectivity index (χ4n) is 2.12. The second kappa shape index (κ2) is 10.3. The van der Waals surface area contributed by atoms with Crippen molar-refractivity contribution in [1.82, 2.24) is 5.32 Å². The molecule has 0 saturated carbocycles. The minimum absolute atomic E-state index is 0.145. The first kappa shape index (κ1) is 22.0. The molecule has 0 fully saturated rings. The van der Waals surface area contributed by atoms with E-state index in [0.717, 1.165) is 10.9 Å². The van der Waals surface area contributed by atoms with Gasteiger partial charge in [-0.05, 0) is 61.0 Å². The Labute approximate surface area is 182 Å². The molecule has 2 N–H and O–H groups in total. The van der Waals surface area contributed by atoms with Gasteiger partial charge in [-0.25, -0.2) is 0 Å². The van der Waals surface area contributed by atoms with Crippen LogP contribution in [0.3, 0.4) is 0 Å². The largest absolute Gasteiger partial charge is 0.493 e. The van der Waals surface area contributed by atoms with E-state index in [4.69, 9.17) is 40.2 Å². The molecule has 0 aliphatic heterocycles. The van der Waals surface area contributed by atoms with E-state index in [2.05, 4.69) is 40.4 Å². The van der Waals surface area contributed by atoms with Crippen LogP contribution >= 0.6 is 51.3 Å². The number of amides is 1. The van der Waals surface area contributed by atoms with Gasteiger partial charge < -0.3 is 10.1 Å². The van der Waals surface area contributed by atoms with Crippen LogP contribution in [-0.4, -0.2) is 17.6 Å². The maximum Gasteiger partial charge on any atom is 0.261 e. The van der Waals surface area contributed by atoms with Gasteiger partial charge in [0.25, 0.3) is 5.91 Å². The van der Waals surface area contributed by atoms with Crippen molar-refractivity contribution in [3.63, 3.8) is 0 Å². The lowest BCUT2D eigenvalue weighted by atomic mass is 10.1. The third-order valence-electron chi connectivity index (χ3n) is 3.54. The maximum absolute atomic E-state index is 12.6. The fraction of sp³-hybridized carbons (Fsp3) is 0.263. The third kappa shape index (κ3) is 6.96. The highest BCUT2D eigenvalue weighted by atomic mass is 79.9. The van der Waals surface area contributed by atoms with Crippen molar-refractivity contribution in [2.75, 3.05) is 11.9 Å². The maximum atomic E-state index is 12.6. The van der Waals surface area contributed by atoms with Crippen LogP contribution in [0.5, 0.6) is 5.75 Å². The SMILES string of the molecule is CC(C)CCOc1ccc(Br)cc1C(=O)NC(=S)Nc1ccc(Cl)c(Cl)c1. The molecular formula is C19H19BrCl2N2O2S. The van der Waals surface area contributed by atoms with E-state index in [-0.39, 0.29) is 11.0 Å². The highest BCUT2D eigenvalue weighted by molar-refractivity contribution is 9.10. The Bertz CT molecular complexity index is 846. The van der Waals surface area contributed by atoms with Crippen molar-refractivity contribution < 1.29 is 9.53 Å². The molecule has 0 bridgehead atoms. The van der Waals surface area contributed by atoms with E-state index in [9.17, 15) is 4.79 Å². The number of benzene rings is 2. The van der Waals surface area contributed by atoms with Gasteiger partial charge >= 0.3 is 0 Å². The van der Waals surface area contributed by atoms with Crippen molar-refractivity contribution in [2.24, 2.45) is 5.92 Å². The van der Waals surface area contributed by atoms with E-state index in [1.807, 2.05) is 6.07 Å². The molecule has 2 aromatic rings. The van der Waals surface area contributed by atoms with Gasteiger partial charge in [-0.1, -0.05) is 53.0 Å². The van der Waals surface area contributed by atoms with Gasteiger partial charge in [-0.15, -0.1) is 0 Å². The van der Waals surface area contributed by atoms with Gasteiger partial charge in [-0.3, -0.25) is 10.1 Å². The molecule has 2 aromatic carbocycles. The van der Waals surface area contributed by atoms with Crippen LogP contribution in [0.2, 0.25) is 10.0 Å². The molecule has 0 aromatic heterocycles. The second-order valence-corrected chi connectivity index (χ2v) is 8.35. The number of nitrogens with one attached hydrogen (secondary N) is 2. The summed E-state index contributed by atoms with van der Waals surface area (Å²) in [5.41, 5.74) is 1.02. The molecule has 1 amide bonds. The minimum Gasteiger partial charge on any atom is -0.493 e. The van der Waals surface area contributed by atoms with Crippen LogP contribution in [-0.2, 0) is 0 Å². The molecule has 8 heteroatoms. The summed E-state index contributed by atoms with van der Waals surface area (Å²) in [4.78, 5) is 12.6. The van der Waals surface area contributed by atoms with Crippen molar-refractivity contribution in [3.8, 4) is 5.75 Å². The van der Waals surface area contributed by atoms with Crippen molar-refractivity contribution in [3.05, 3.63) is 56.5 Å². The Kier molecular flexibility index (Phi) is 8.35. The average molecular weight is 490 g/mol. The summed E-state index contributed by atoms with van der Waals surface area (Å²) in [5.74, 6) is 0.655. The summed E-state index contributed by atoms with van der Waals surface area (Å²) in [6.45, 7) is 4.77. The Hall–Kier alpha value is -1.34. The summed E-state index contributed by atoms with van der Waals surface area (Å²) in [5, 5.41) is 6.53. The van der Waals surface area contributed by atoms with E-state index >= 15 is 0 Å². The molecule has 4 nitrogen and oxygen atoms in total. The Morgan fingerprint density at radius 2 is 1.93 bits per heavy atom. The zero-order chi connectivity index (χ0) is 20.0. The molecule has 144 valence electrons. The summed E-state index contributed by atoms with van der Waals surface area (Å²) in [7, 11) is 0.